The molecule has 0 bridgehead atoms. The van der Waals surface area contributed by atoms with E-state index in [1.165, 1.54) is 10.4 Å². The van der Waals surface area contributed by atoms with Crippen LogP contribution in [0.15, 0.2) is 18.2 Å². The van der Waals surface area contributed by atoms with Gasteiger partial charge in [-0.25, -0.2) is 8.42 Å². The number of primary amides is 1. The van der Waals surface area contributed by atoms with Crippen LogP contribution in [0.2, 0.25) is 0 Å². The molecule has 0 aliphatic carbocycles. The van der Waals surface area contributed by atoms with Crippen molar-refractivity contribution in [1.29, 1.82) is 0 Å². The number of rotatable bonds is 7. The number of nitrogens with zero attached hydrogens (tertiary/aromatic N) is 4. The molecule has 2 aliphatic heterocycles. The number of β-amino-alcohol motifs (C(OH)–C–C–N with tert-alkyl or cyclic N) is 1. The summed E-state index contributed by atoms with van der Waals surface area (Å²) < 4.78 is 72.8. The summed E-state index contributed by atoms with van der Waals surface area (Å²) in [6, 6.07) is 2.98. The largest absolute Gasteiger partial charge is 0.417 e. The average molecular weight is 532 g/mol. The van der Waals surface area contributed by atoms with Crippen LogP contribution in [0.5, 0.6) is 0 Å². The minimum absolute atomic E-state index is 0.0318. The summed E-state index contributed by atoms with van der Waals surface area (Å²) in [5, 5.41) is 15.3. The molecule has 14 heteroatoms. The molecule has 2 aliphatic rings. The van der Waals surface area contributed by atoms with Gasteiger partial charge in [0.05, 0.1) is 48.9 Å². The van der Waals surface area contributed by atoms with E-state index in [4.69, 9.17) is 10.5 Å². The second-order valence-corrected chi connectivity index (χ2v) is 11.0. The number of aromatic nitrogens is 2. The SMILES string of the molecule is CS(=O)(=O)N1CCc2c(c(-c3ccc(C(F)(F)F)c(C(N)=O)c3)nn2CC(O)CN2CCOCC2)C1. The normalized spacial score (nSPS) is 18.7. The van der Waals surface area contributed by atoms with Crippen LogP contribution in [0.25, 0.3) is 11.3 Å². The van der Waals surface area contributed by atoms with E-state index in [0.717, 1.165) is 18.4 Å². The van der Waals surface area contributed by atoms with E-state index in [1.54, 1.807) is 4.68 Å². The molecule has 1 aromatic carbocycles. The summed E-state index contributed by atoms with van der Waals surface area (Å²) in [6.45, 7) is 3.19. The monoisotopic (exact) mass is 531 g/mol. The molecule has 1 saturated heterocycles. The van der Waals surface area contributed by atoms with Crippen LogP contribution in [-0.2, 0) is 40.4 Å². The Hall–Kier alpha value is -2.52. The quantitative estimate of drug-likeness (QED) is 0.537. The van der Waals surface area contributed by atoms with E-state index >= 15 is 0 Å². The number of hydrogen-bond acceptors (Lipinski definition) is 7. The van der Waals surface area contributed by atoms with Crippen molar-refractivity contribution in [2.75, 3.05) is 45.6 Å². The predicted molar refractivity (Wildman–Crippen MR) is 123 cm³/mol. The van der Waals surface area contributed by atoms with Gasteiger partial charge in [-0.1, -0.05) is 6.07 Å². The second-order valence-electron chi connectivity index (χ2n) is 8.99. The van der Waals surface area contributed by atoms with Crippen LogP contribution in [0.3, 0.4) is 0 Å². The number of carbonyl (C=O) groups is 1. The smallest absolute Gasteiger partial charge is 0.390 e. The van der Waals surface area contributed by atoms with Gasteiger partial charge in [-0.15, -0.1) is 0 Å². The fourth-order valence-corrected chi connectivity index (χ4v) is 5.40. The Bertz CT molecular complexity index is 1240. The summed E-state index contributed by atoms with van der Waals surface area (Å²) in [5.41, 5.74) is 5.02. The van der Waals surface area contributed by atoms with Gasteiger partial charge < -0.3 is 15.6 Å². The maximum atomic E-state index is 13.4. The number of aliphatic hydroxyl groups excluding tert-OH is 1. The van der Waals surface area contributed by atoms with Gasteiger partial charge in [-0.3, -0.25) is 14.4 Å². The Morgan fingerprint density at radius 2 is 1.92 bits per heavy atom. The Labute approximate surface area is 206 Å². The van der Waals surface area contributed by atoms with Crippen LogP contribution < -0.4 is 5.73 Å². The van der Waals surface area contributed by atoms with Crippen LogP contribution in [-0.4, -0.2) is 90.2 Å². The fourth-order valence-electron chi connectivity index (χ4n) is 4.61. The van der Waals surface area contributed by atoms with Crippen molar-refractivity contribution >= 4 is 15.9 Å². The van der Waals surface area contributed by atoms with E-state index in [-0.39, 0.29) is 30.9 Å². The number of halogens is 3. The van der Waals surface area contributed by atoms with Crippen LogP contribution in [0.1, 0.15) is 27.2 Å². The lowest BCUT2D eigenvalue weighted by Crippen LogP contribution is -2.42. The molecule has 1 fully saturated rings. The highest BCUT2D eigenvalue weighted by atomic mass is 32.2. The van der Waals surface area contributed by atoms with Gasteiger partial charge in [0.2, 0.25) is 15.9 Å². The van der Waals surface area contributed by atoms with Crippen molar-refractivity contribution in [3.8, 4) is 11.3 Å². The lowest BCUT2D eigenvalue weighted by molar-refractivity contribution is -0.137. The van der Waals surface area contributed by atoms with Gasteiger partial charge in [0, 0.05) is 56.0 Å². The zero-order chi connectivity index (χ0) is 26.3. The first-order chi connectivity index (χ1) is 16.8. The predicted octanol–water partition coefficient (Wildman–Crippen LogP) is 0.679. The molecule has 1 aromatic heterocycles. The van der Waals surface area contributed by atoms with E-state index in [2.05, 4.69) is 10.00 Å². The molecule has 36 heavy (non-hydrogen) atoms. The van der Waals surface area contributed by atoms with E-state index in [1.807, 2.05) is 0 Å². The minimum Gasteiger partial charge on any atom is -0.390 e. The highest BCUT2D eigenvalue weighted by Gasteiger charge is 2.36. The van der Waals surface area contributed by atoms with Crippen LogP contribution in [0.4, 0.5) is 13.2 Å². The Balaban J connectivity index is 1.72. The molecule has 1 unspecified atom stereocenters. The Morgan fingerprint density at radius 1 is 1.22 bits per heavy atom. The molecule has 1 atom stereocenters. The summed E-state index contributed by atoms with van der Waals surface area (Å²) >= 11 is 0. The molecule has 0 spiro atoms. The third-order valence-corrected chi connectivity index (χ3v) is 7.64. The molecule has 10 nitrogen and oxygen atoms in total. The van der Waals surface area contributed by atoms with Crippen molar-refractivity contribution in [1.82, 2.24) is 19.0 Å². The summed E-state index contributed by atoms with van der Waals surface area (Å²) in [6.07, 6.45) is -4.18. The highest BCUT2D eigenvalue weighted by molar-refractivity contribution is 7.88. The molecule has 198 valence electrons. The molecule has 1 amide bonds. The first kappa shape index (κ1) is 26.5. The zero-order valence-electron chi connectivity index (χ0n) is 19.7. The van der Waals surface area contributed by atoms with E-state index < -0.39 is 39.3 Å². The van der Waals surface area contributed by atoms with E-state index in [0.29, 0.717) is 50.5 Å². The fraction of sp³-hybridized carbons (Fsp3) is 0.545. The maximum absolute atomic E-state index is 13.4. The lowest BCUT2D eigenvalue weighted by atomic mass is 9.97. The first-order valence-electron chi connectivity index (χ1n) is 11.4. The van der Waals surface area contributed by atoms with Gasteiger partial charge >= 0.3 is 6.18 Å². The number of hydrogen-bond donors (Lipinski definition) is 2. The molecule has 3 N–H and O–H groups in total. The van der Waals surface area contributed by atoms with Gasteiger partial charge in [-0.2, -0.15) is 22.6 Å². The molecule has 0 saturated carbocycles. The number of sulfonamides is 1. The number of nitrogens with two attached hydrogens (primary N) is 1. The third-order valence-electron chi connectivity index (χ3n) is 6.39. The van der Waals surface area contributed by atoms with Crippen molar-refractivity contribution in [2.45, 2.75) is 31.8 Å². The Kier molecular flexibility index (Phi) is 7.44. The lowest BCUT2D eigenvalue weighted by Gasteiger charge is -2.29. The molecule has 4 rings (SSSR count). The number of aliphatic hydroxyl groups is 1. The molecule has 3 heterocycles. The summed E-state index contributed by atoms with van der Waals surface area (Å²) in [7, 11) is -3.54. The van der Waals surface area contributed by atoms with E-state index in [9.17, 15) is 31.5 Å². The summed E-state index contributed by atoms with van der Waals surface area (Å²) in [5.74, 6) is -1.24. The highest BCUT2D eigenvalue weighted by Crippen LogP contribution is 2.36. The zero-order valence-corrected chi connectivity index (χ0v) is 20.5. The van der Waals surface area contributed by atoms with Gasteiger partial charge in [-0.05, 0) is 12.1 Å². The molecule has 0 radical (unpaired) electrons. The number of ether oxygens (including phenoxy) is 1. The average Bonchev–Trinajstić information content (AvgIpc) is 3.15. The van der Waals surface area contributed by atoms with Crippen molar-refractivity contribution in [3.05, 3.63) is 40.6 Å². The number of alkyl halides is 3. The van der Waals surface area contributed by atoms with Crippen LogP contribution in [0, 0.1) is 0 Å². The topological polar surface area (TPSA) is 131 Å². The molecular formula is C22H28F3N5O5S. The maximum Gasteiger partial charge on any atom is 0.417 e. The third kappa shape index (κ3) is 5.72. The second kappa shape index (κ2) is 10.1. The van der Waals surface area contributed by atoms with Crippen LogP contribution >= 0.6 is 0 Å². The summed E-state index contributed by atoms with van der Waals surface area (Å²) in [4.78, 5) is 13.9. The Morgan fingerprint density at radius 3 is 2.53 bits per heavy atom. The standard InChI is InChI=1S/C22H28F3N5O5S/c1-36(33,34)29-5-4-19-17(13-29)20(14-2-3-18(22(23,24)25)16(10-14)21(26)32)27-30(19)12-15(31)11-28-6-8-35-9-7-28/h2-3,10,15,31H,4-9,11-13H2,1H3,(H2,26,32). The number of morpholine rings is 1. The van der Waals surface area contributed by atoms with Gasteiger partial charge in [0.15, 0.2) is 0 Å². The first-order valence-corrected chi connectivity index (χ1v) is 13.2. The van der Waals surface area contributed by atoms with Crippen molar-refractivity contribution < 1.29 is 36.2 Å². The number of carbonyl (C=O) groups excluding carboxylic acids is 1. The van der Waals surface area contributed by atoms with Crippen molar-refractivity contribution in [2.24, 2.45) is 5.73 Å². The number of amides is 1. The van der Waals surface area contributed by atoms with Crippen molar-refractivity contribution in [3.63, 3.8) is 0 Å². The van der Waals surface area contributed by atoms with Gasteiger partial charge in [0.1, 0.15) is 0 Å². The molecular weight excluding hydrogens is 503 g/mol. The number of fused-ring (bicyclic) bond motifs is 1. The molecule has 2 aromatic rings. The van der Waals surface area contributed by atoms with Gasteiger partial charge in [0.25, 0.3) is 0 Å². The minimum atomic E-state index is -4.78. The number of benzene rings is 1.